The molecule has 0 aliphatic carbocycles. The lowest BCUT2D eigenvalue weighted by Crippen LogP contribution is -2.32. The van der Waals surface area contributed by atoms with Crippen molar-refractivity contribution < 1.29 is 23.6 Å². The lowest BCUT2D eigenvalue weighted by Gasteiger charge is -2.11. The van der Waals surface area contributed by atoms with Crippen molar-refractivity contribution in [3.8, 4) is 0 Å². The van der Waals surface area contributed by atoms with Gasteiger partial charge in [-0.15, -0.1) is 0 Å². The molecule has 7 heteroatoms. The monoisotopic (exact) mass is 300 g/mol. The number of hydroxylamine groups is 2. The second kappa shape index (κ2) is 5.44. The minimum absolute atomic E-state index is 0.0833. The van der Waals surface area contributed by atoms with Crippen LogP contribution in [0, 0.1) is 0 Å². The van der Waals surface area contributed by atoms with Crippen molar-refractivity contribution in [2.75, 3.05) is 0 Å². The molecule has 0 saturated carbocycles. The number of benzene rings is 1. The van der Waals surface area contributed by atoms with E-state index >= 15 is 0 Å². The van der Waals surface area contributed by atoms with Crippen LogP contribution >= 0.6 is 0 Å². The summed E-state index contributed by atoms with van der Waals surface area (Å²) in [6.07, 6.45) is 2.54. The van der Waals surface area contributed by atoms with E-state index in [0.29, 0.717) is 17.4 Å². The molecule has 2 heterocycles. The van der Waals surface area contributed by atoms with Gasteiger partial charge in [0.05, 0.1) is 11.1 Å². The Kier molecular flexibility index (Phi) is 3.46. The van der Waals surface area contributed by atoms with E-state index in [1.165, 1.54) is 12.1 Å². The van der Waals surface area contributed by atoms with Gasteiger partial charge in [0.25, 0.3) is 11.8 Å². The van der Waals surface area contributed by atoms with Crippen LogP contribution in [0.3, 0.4) is 0 Å². The average molecular weight is 300 g/mol. The van der Waals surface area contributed by atoms with Crippen molar-refractivity contribution in [1.82, 2.24) is 10.0 Å². The number of carbonyl (C=O) groups is 3. The Balaban J connectivity index is 1.77. The molecule has 0 radical (unpaired) electrons. The van der Waals surface area contributed by atoms with Crippen LogP contribution in [0.15, 0.2) is 34.9 Å². The number of fused-ring (bicyclic) bond motifs is 1. The van der Waals surface area contributed by atoms with Gasteiger partial charge in [0.15, 0.2) is 11.6 Å². The fourth-order valence-electron chi connectivity index (χ4n) is 2.11. The predicted molar refractivity (Wildman–Crippen MR) is 72.9 cm³/mol. The summed E-state index contributed by atoms with van der Waals surface area (Å²) in [6, 6.07) is 6.26. The molecule has 1 aromatic heterocycles. The molecule has 0 unspecified atom stereocenters. The van der Waals surface area contributed by atoms with E-state index in [-0.39, 0.29) is 16.8 Å². The smallest absolute Gasteiger partial charge is 0.385 e. The highest BCUT2D eigenvalue weighted by molar-refractivity contribution is 6.21. The van der Waals surface area contributed by atoms with Gasteiger partial charge in [0.2, 0.25) is 0 Å². The Labute approximate surface area is 125 Å². The number of hydrogen-bond donors (Lipinski definition) is 0. The summed E-state index contributed by atoms with van der Waals surface area (Å²) in [4.78, 5) is 44.9. The van der Waals surface area contributed by atoms with Crippen LogP contribution in [-0.4, -0.2) is 27.8 Å². The lowest BCUT2D eigenvalue weighted by molar-refractivity contribution is -0.0588. The minimum Gasteiger partial charge on any atom is -0.448 e. The second-order valence-corrected chi connectivity index (χ2v) is 4.71. The average Bonchev–Trinajstić information content (AvgIpc) is 3.08. The van der Waals surface area contributed by atoms with Crippen LogP contribution in [0.2, 0.25) is 0 Å². The molecule has 3 rings (SSSR count). The molecule has 1 aromatic carbocycles. The molecular formula is C15H12N2O5. The normalized spacial score (nSPS) is 13.4. The number of oxazole rings is 1. The number of hydrogen-bond acceptors (Lipinski definition) is 6. The third-order valence-electron chi connectivity index (χ3n) is 3.16. The summed E-state index contributed by atoms with van der Waals surface area (Å²) in [5.41, 5.74) is 0.319. The zero-order valence-corrected chi connectivity index (χ0v) is 11.7. The van der Waals surface area contributed by atoms with Gasteiger partial charge >= 0.3 is 5.97 Å². The van der Waals surface area contributed by atoms with E-state index in [1.54, 1.807) is 12.1 Å². The molecule has 7 nitrogen and oxygen atoms in total. The molecule has 2 amide bonds. The minimum atomic E-state index is -0.916. The van der Waals surface area contributed by atoms with Gasteiger partial charge in [0.1, 0.15) is 6.26 Å². The predicted octanol–water partition coefficient (Wildman–Crippen LogP) is 2.00. The van der Waals surface area contributed by atoms with Gasteiger partial charge in [-0.2, -0.15) is 0 Å². The molecule has 0 N–H and O–H groups in total. The number of rotatable bonds is 4. The highest BCUT2D eigenvalue weighted by Crippen LogP contribution is 2.23. The summed E-state index contributed by atoms with van der Waals surface area (Å²) in [6.45, 7) is 1.95. The molecule has 112 valence electrons. The van der Waals surface area contributed by atoms with Crippen LogP contribution in [0.25, 0.3) is 0 Å². The molecule has 0 saturated heterocycles. The molecule has 0 spiro atoms. The fraction of sp³-hybridized carbons (Fsp3) is 0.200. The van der Waals surface area contributed by atoms with E-state index in [0.717, 1.165) is 12.7 Å². The Hall–Kier alpha value is -2.96. The third kappa shape index (κ3) is 2.26. The lowest BCUT2D eigenvalue weighted by atomic mass is 10.1. The van der Waals surface area contributed by atoms with Gasteiger partial charge in [-0.25, -0.2) is 9.78 Å². The van der Waals surface area contributed by atoms with Crippen molar-refractivity contribution in [3.05, 3.63) is 53.2 Å². The topological polar surface area (TPSA) is 89.7 Å². The Morgan fingerprint density at radius 3 is 2.45 bits per heavy atom. The third-order valence-corrected chi connectivity index (χ3v) is 3.16. The van der Waals surface area contributed by atoms with Crippen molar-refractivity contribution in [3.63, 3.8) is 0 Å². The summed E-state index contributed by atoms with van der Waals surface area (Å²) in [5.74, 6) is -1.87. The summed E-state index contributed by atoms with van der Waals surface area (Å²) >= 11 is 0. The van der Waals surface area contributed by atoms with Gasteiger partial charge < -0.3 is 9.25 Å². The zero-order chi connectivity index (χ0) is 15.7. The summed E-state index contributed by atoms with van der Waals surface area (Å²) < 4.78 is 5.11. The van der Waals surface area contributed by atoms with Crippen molar-refractivity contribution in [2.45, 2.75) is 19.8 Å². The van der Waals surface area contributed by atoms with Gasteiger partial charge in [-0.1, -0.05) is 24.1 Å². The molecule has 2 aromatic rings. The van der Waals surface area contributed by atoms with Gasteiger partial charge in [-0.05, 0) is 18.6 Å². The van der Waals surface area contributed by atoms with Crippen LogP contribution in [0.1, 0.15) is 50.4 Å². The molecule has 0 bridgehead atoms. The first-order valence-electron chi connectivity index (χ1n) is 6.76. The van der Waals surface area contributed by atoms with Crippen LogP contribution in [0.4, 0.5) is 0 Å². The molecule has 0 atom stereocenters. The van der Waals surface area contributed by atoms with E-state index in [2.05, 4.69) is 4.98 Å². The van der Waals surface area contributed by atoms with E-state index in [1.807, 2.05) is 6.92 Å². The molecule has 1 aliphatic heterocycles. The van der Waals surface area contributed by atoms with Crippen molar-refractivity contribution in [1.29, 1.82) is 0 Å². The van der Waals surface area contributed by atoms with Crippen molar-refractivity contribution in [2.24, 2.45) is 0 Å². The maximum Gasteiger partial charge on any atom is 0.385 e. The molecule has 22 heavy (non-hydrogen) atoms. The number of amides is 2. The van der Waals surface area contributed by atoms with E-state index in [9.17, 15) is 14.4 Å². The van der Waals surface area contributed by atoms with Crippen LogP contribution in [0.5, 0.6) is 0 Å². The highest BCUT2D eigenvalue weighted by Gasteiger charge is 2.39. The standard InChI is InChI=1S/C15H12N2O5/c1-2-5-12-16-11(8-21-12)15(20)22-17-13(18)9-6-3-4-7-10(9)14(17)19/h3-4,6-8H,2,5H2,1H3. The van der Waals surface area contributed by atoms with Crippen LogP contribution < -0.4 is 0 Å². The fourth-order valence-corrected chi connectivity index (χ4v) is 2.11. The molecular weight excluding hydrogens is 288 g/mol. The zero-order valence-electron chi connectivity index (χ0n) is 11.7. The first kappa shape index (κ1) is 14.0. The first-order valence-corrected chi connectivity index (χ1v) is 6.76. The number of carbonyl (C=O) groups excluding carboxylic acids is 3. The first-order chi connectivity index (χ1) is 10.6. The number of nitrogens with zero attached hydrogens (tertiary/aromatic N) is 2. The van der Waals surface area contributed by atoms with Gasteiger partial charge in [-0.3, -0.25) is 9.59 Å². The maximum absolute atomic E-state index is 12.1. The highest BCUT2D eigenvalue weighted by atomic mass is 16.7. The number of imide groups is 1. The largest absolute Gasteiger partial charge is 0.448 e. The van der Waals surface area contributed by atoms with Crippen LogP contribution in [-0.2, 0) is 11.3 Å². The maximum atomic E-state index is 12.1. The Morgan fingerprint density at radius 1 is 1.23 bits per heavy atom. The Morgan fingerprint density at radius 2 is 1.86 bits per heavy atom. The number of aryl methyl sites for hydroxylation is 1. The quantitative estimate of drug-likeness (QED) is 0.802. The van der Waals surface area contributed by atoms with E-state index < -0.39 is 17.8 Å². The SMILES string of the molecule is CCCc1nc(C(=O)ON2C(=O)c3ccccc3C2=O)co1. The second-order valence-electron chi connectivity index (χ2n) is 4.71. The summed E-state index contributed by atoms with van der Waals surface area (Å²) in [7, 11) is 0. The molecule has 0 fully saturated rings. The Bertz CT molecular complexity index is 730. The summed E-state index contributed by atoms with van der Waals surface area (Å²) in [5, 5.41) is 0.446. The van der Waals surface area contributed by atoms with E-state index in [4.69, 9.17) is 9.25 Å². The number of aromatic nitrogens is 1. The van der Waals surface area contributed by atoms with Gasteiger partial charge in [0, 0.05) is 6.42 Å². The molecule has 1 aliphatic rings. The van der Waals surface area contributed by atoms with Crippen molar-refractivity contribution >= 4 is 17.8 Å².